The maximum atomic E-state index is 13.1. The van der Waals surface area contributed by atoms with Crippen molar-refractivity contribution < 1.29 is 14.4 Å². The number of imide groups is 1. The van der Waals surface area contributed by atoms with Crippen molar-refractivity contribution in [1.82, 2.24) is 15.1 Å². The van der Waals surface area contributed by atoms with Crippen LogP contribution in [0.4, 0.5) is 4.79 Å². The highest BCUT2D eigenvalue weighted by atomic mass is 16.2. The summed E-state index contributed by atoms with van der Waals surface area (Å²) in [5.74, 6) is -0.592. The lowest BCUT2D eigenvalue weighted by Crippen LogP contribution is -2.44. The second-order valence-electron chi connectivity index (χ2n) is 8.47. The zero-order chi connectivity index (χ0) is 21.5. The van der Waals surface area contributed by atoms with E-state index in [4.69, 9.17) is 0 Å². The van der Waals surface area contributed by atoms with E-state index in [0.29, 0.717) is 12.1 Å². The first kappa shape index (κ1) is 20.1. The molecule has 2 atom stereocenters. The summed E-state index contributed by atoms with van der Waals surface area (Å²) in [5, 5.41) is 2.78. The van der Waals surface area contributed by atoms with Crippen LogP contribution in [0.5, 0.6) is 0 Å². The number of aryl methyl sites for hydroxylation is 2. The van der Waals surface area contributed by atoms with Gasteiger partial charge in [-0.2, -0.15) is 0 Å². The van der Waals surface area contributed by atoms with Crippen molar-refractivity contribution in [2.75, 3.05) is 13.1 Å². The summed E-state index contributed by atoms with van der Waals surface area (Å²) in [4.78, 5) is 41.7. The number of benzene rings is 2. The summed E-state index contributed by atoms with van der Waals surface area (Å²) >= 11 is 0. The van der Waals surface area contributed by atoms with Gasteiger partial charge in [-0.3, -0.25) is 14.5 Å². The van der Waals surface area contributed by atoms with Gasteiger partial charge in [-0.05, 0) is 44.7 Å². The fourth-order valence-electron chi connectivity index (χ4n) is 4.35. The Morgan fingerprint density at radius 1 is 1.03 bits per heavy atom. The van der Waals surface area contributed by atoms with Crippen LogP contribution in [0.2, 0.25) is 0 Å². The monoisotopic (exact) mass is 405 g/mol. The summed E-state index contributed by atoms with van der Waals surface area (Å²) in [7, 11) is 0. The third-order valence-corrected chi connectivity index (χ3v) is 6.23. The Bertz CT molecular complexity index is 984. The molecule has 30 heavy (non-hydrogen) atoms. The topological polar surface area (TPSA) is 69.7 Å². The van der Waals surface area contributed by atoms with Gasteiger partial charge in [0.15, 0.2) is 0 Å². The average molecular weight is 405 g/mol. The van der Waals surface area contributed by atoms with Crippen molar-refractivity contribution in [3.05, 3.63) is 70.8 Å². The number of nitrogens with zero attached hydrogens (tertiary/aromatic N) is 2. The molecule has 0 radical (unpaired) electrons. The van der Waals surface area contributed by atoms with Gasteiger partial charge in [0.2, 0.25) is 5.91 Å². The van der Waals surface area contributed by atoms with Crippen molar-refractivity contribution in [1.29, 1.82) is 0 Å². The Balaban J connectivity index is 1.51. The van der Waals surface area contributed by atoms with Gasteiger partial charge in [0.1, 0.15) is 12.1 Å². The van der Waals surface area contributed by atoms with E-state index in [9.17, 15) is 14.4 Å². The lowest BCUT2D eigenvalue weighted by atomic mass is 9.91. The first-order valence-corrected chi connectivity index (χ1v) is 10.4. The number of hydrogen-bond donors (Lipinski definition) is 1. The molecule has 2 aliphatic rings. The quantitative estimate of drug-likeness (QED) is 0.793. The second kappa shape index (κ2) is 7.59. The Morgan fingerprint density at radius 3 is 2.27 bits per heavy atom. The van der Waals surface area contributed by atoms with Crippen LogP contribution < -0.4 is 5.32 Å². The first-order chi connectivity index (χ1) is 14.3. The molecular formula is C24H27N3O3. The molecule has 0 bridgehead atoms. The van der Waals surface area contributed by atoms with Gasteiger partial charge in [0.25, 0.3) is 5.91 Å². The molecule has 2 aromatic rings. The standard InChI is InChI=1S/C24H27N3O3/c1-16-6-10-18(11-7-16)20-5-4-14-26(20)21(28)15-27-22(29)24(3,25-23(27)30)19-12-8-17(2)9-13-19/h6-13,20H,4-5,14-15H2,1-3H3,(H,25,30). The molecule has 0 spiro atoms. The predicted molar refractivity (Wildman–Crippen MR) is 114 cm³/mol. The molecule has 4 rings (SSSR count). The van der Waals surface area contributed by atoms with Crippen molar-refractivity contribution in [3.63, 3.8) is 0 Å². The van der Waals surface area contributed by atoms with Crippen LogP contribution in [0.25, 0.3) is 0 Å². The Labute approximate surface area is 176 Å². The fraction of sp³-hybridized carbons (Fsp3) is 0.375. The van der Waals surface area contributed by atoms with Crippen LogP contribution in [-0.2, 0) is 15.1 Å². The van der Waals surface area contributed by atoms with Crippen LogP contribution in [0.1, 0.15) is 48.1 Å². The Kier molecular flexibility index (Phi) is 5.10. The highest BCUT2D eigenvalue weighted by Crippen LogP contribution is 2.33. The zero-order valence-corrected chi connectivity index (χ0v) is 17.6. The number of urea groups is 1. The van der Waals surface area contributed by atoms with E-state index in [2.05, 4.69) is 5.32 Å². The lowest BCUT2D eigenvalue weighted by Gasteiger charge is -2.27. The summed E-state index contributed by atoms with van der Waals surface area (Å²) in [5.41, 5.74) is 2.88. The molecule has 6 nitrogen and oxygen atoms in total. The number of likely N-dealkylation sites (tertiary alicyclic amines) is 1. The molecule has 2 unspecified atom stereocenters. The summed E-state index contributed by atoms with van der Waals surface area (Å²) in [6.07, 6.45) is 1.79. The van der Waals surface area contributed by atoms with Crippen LogP contribution in [0, 0.1) is 13.8 Å². The van der Waals surface area contributed by atoms with Crippen molar-refractivity contribution in [2.24, 2.45) is 0 Å². The Morgan fingerprint density at radius 2 is 1.63 bits per heavy atom. The highest BCUT2D eigenvalue weighted by Gasteiger charge is 2.50. The van der Waals surface area contributed by atoms with E-state index < -0.39 is 17.5 Å². The zero-order valence-electron chi connectivity index (χ0n) is 17.6. The van der Waals surface area contributed by atoms with Crippen LogP contribution in [0.15, 0.2) is 48.5 Å². The van der Waals surface area contributed by atoms with E-state index >= 15 is 0 Å². The van der Waals surface area contributed by atoms with Gasteiger partial charge in [0.05, 0.1) is 6.04 Å². The SMILES string of the molecule is Cc1ccc(C2CCCN2C(=O)CN2C(=O)NC(C)(c3ccc(C)cc3)C2=O)cc1. The average Bonchev–Trinajstić information content (AvgIpc) is 3.29. The molecule has 0 saturated carbocycles. The Hall–Kier alpha value is -3.15. The van der Waals surface area contributed by atoms with Crippen LogP contribution in [0.3, 0.4) is 0 Å². The smallest absolute Gasteiger partial charge is 0.325 e. The van der Waals surface area contributed by atoms with E-state index in [-0.39, 0.29) is 18.5 Å². The molecule has 2 saturated heterocycles. The van der Waals surface area contributed by atoms with Gasteiger partial charge in [-0.15, -0.1) is 0 Å². The molecule has 1 N–H and O–H groups in total. The molecule has 6 heteroatoms. The molecule has 156 valence electrons. The first-order valence-electron chi connectivity index (χ1n) is 10.4. The molecule has 0 aromatic heterocycles. The number of rotatable bonds is 4. The van der Waals surface area contributed by atoms with E-state index in [1.807, 2.05) is 62.4 Å². The minimum atomic E-state index is -1.16. The van der Waals surface area contributed by atoms with Gasteiger partial charge >= 0.3 is 6.03 Å². The largest absolute Gasteiger partial charge is 0.334 e. The molecule has 4 amide bonds. The molecule has 2 heterocycles. The molecule has 2 aromatic carbocycles. The lowest BCUT2D eigenvalue weighted by molar-refractivity contribution is -0.139. The maximum absolute atomic E-state index is 13.1. The summed E-state index contributed by atoms with van der Waals surface area (Å²) < 4.78 is 0. The second-order valence-corrected chi connectivity index (χ2v) is 8.47. The number of hydrogen-bond acceptors (Lipinski definition) is 3. The van der Waals surface area contributed by atoms with Crippen molar-refractivity contribution in [3.8, 4) is 0 Å². The molecule has 2 aliphatic heterocycles. The van der Waals surface area contributed by atoms with Crippen LogP contribution in [-0.4, -0.2) is 40.7 Å². The van der Waals surface area contributed by atoms with Gasteiger partial charge in [-0.1, -0.05) is 59.7 Å². The molecule has 0 aliphatic carbocycles. The van der Waals surface area contributed by atoms with Crippen molar-refractivity contribution >= 4 is 17.8 Å². The predicted octanol–water partition coefficient (Wildman–Crippen LogP) is 3.43. The van der Waals surface area contributed by atoms with Crippen LogP contribution >= 0.6 is 0 Å². The highest BCUT2D eigenvalue weighted by molar-refractivity contribution is 6.09. The normalized spacial score (nSPS) is 23.8. The maximum Gasteiger partial charge on any atom is 0.325 e. The fourth-order valence-corrected chi connectivity index (χ4v) is 4.35. The van der Waals surface area contributed by atoms with E-state index in [1.54, 1.807) is 11.8 Å². The third kappa shape index (κ3) is 3.47. The summed E-state index contributed by atoms with van der Waals surface area (Å²) in [6, 6.07) is 15.1. The number of nitrogens with one attached hydrogen (secondary N) is 1. The van der Waals surface area contributed by atoms with Crippen molar-refractivity contribution in [2.45, 2.75) is 45.2 Å². The molecule has 2 fully saturated rings. The third-order valence-electron chi connectivity index (χ3n) is 6.23. The minimum absolute atomic E-state index is 0.0117. The molecular weight excluding hydrogens is 378 g/mol. The van der Waals surface area contributed by atoms with Gasteiger partial charge in [0, 0.05) is 6.54 Å². The number of carbonyl (C=O) groups is 3. The van der Waals surface area contributed by atoms with Gasteiger partial charge < -0.3 is 10.2 Å². The number of carbonyl (C=O) groups excluding carboxylic acids is 3. The number of amides is 4. The van der Waals surface area contributed by atoms with Gasteiger partial charge in [-0.25, -0.2) is 4.79 Å². The van der Waals surface area contributed by atoms with E-state index in [1.165, 1.54) is 5.56 Å². The minimum Gasteiger partial charge on any atom is -0.334 e. The summed E-state index contributed by atoms with van der Waals surface area (Å²) in [6.45, 7) is 6.08. The van der Waals surface area contributed by atoms with E-state index in [0.717, 1.165) is 28.9 Å².